The smallest absolute Gasteiger partial charge is 0.348 e. The number of hydrogen-bond acceptors (Lipinski definition) is 4. The van der Waals surface area contributed by atoms with Gasteiger partial charge in [0.2, 0.25) is 0 Å². The molecule has 5 nitrogen and oxygen atoms in total. The van der Waals surface area contributed by atoms with Crippen LogP contribution in [0.1, 0.15) is 32.6 Å². The topological polar surface area (TPSA) is 59.8 Å². The largest absolute Gasteiger partial charge is 0.416 e. The normalized spacial score (nSPS) is 11.4. The van der Waals surface area contributed by atoms with Crippen LogP contribution in [0.4, 0.5) is 13.2 Å². The van der Waals surface area contributed by atoms with Crippen LogP contribution in [-0.2, 0) is 18.5 Å². The second-order valence-corrected chi connectivity index (χ2v) is 10.6. The molecule has 0 saturated carbocycles. The predicted molar refractivity (Wildman–Crippen MR) is 155 cm³/mol. The van der Waals surface area contributed by atoms with Gasteiger partial charge < -0.3 is 5.32 Å². The number of benzene rings is 4. The molecular weight excluding hydrogens is 569 g/mol. The average Bonchev–Trinajstić information content (AvgIpc) is 3.38. The van der Waals surface area contributed by atoms with Crippen molar-refractivity contribution in [1.29, 1.82) is 0 Å². The maximum atomic E-state index is 13.0. The first-order valence-corrected chi connectivity index (χ1v) is 14.0. The lowest BCUT2D eigenvalue weighted by molar-refractivity contribution is -0.137. The number of hydrogen-bond donors (Lipinski definition) is 1. The quantitative estimate of drug-likeness (QED) is 0.185. The van der Waals surface area contributed by atoms with Gasteiger partial charge in [-0.2, -0.15) is 13.2 Å². The van der Waals surface area contributed by atoms with Gasteiger partial charge in [0.15, 0.2) is 11.0 Å². The fourth-order valence-corrected chi connectivity index (χ4v) is 5.38. The molecule has 5 aromatic rings. The van der Waals surface area contributed by atoms with Crippen LogP contribution in [0.5, 0.6) is 0 Å². The summed E-state index contributed by atoms with van der Waals surface area (Å²) in [5.74, 6) is 0.837. The second-order valence-electron chi connectivity index (χ2n) is 9.27. The van der Waals surface area contributed by atoms with E-state index in [4.69, 9.17) is 11.6 Å². The number of para-hydroxylation sites is 1. The van der Waals surface area contributed by atoms with E-state index >= 15 is 0 Å². The minimum Gasteiger partial charge on any atom is -0.348 e. The second kappa shape index (κ2) is 12.2. The van der Waals surface area contributed by atoms with Gasteiger partial charge in [-0.25, -0.2) is 0 Å². The summed E-state index contributed by atoms with van der Waals surface area (Å²) in [5, 5.41) is 12.9. The van der Waals surface area contributed by atoms with Crippen molar-refractivity contribution < 1.29 is 18.0 Å². The lowest BCUT2D eigenvalue weighted by atomic mass is 10.1. The summed E-state index contributed by atoms with van der Waals surface area (Å²) < 4.78 is 40.9. The van der Waals surface area contributed by atoms with E-state index < -0.39 is 11.7 Å². The summed E-state index contributed by atoms with van der Waals surface area (Å²) in [5.41, 5.74) is 3.78. The van der Waals surface area contributed by atoms with Crippen molar-refractivity contribution in [1.82, 2.24) is 20.1 Å². The van der Waals surface area contributed by atoms with E-state index in [1.165, 1.54) is 17.8 Å². The molecule has 1 aromatic heterocycles. The van der Waals surface area contributed by atoms with Crippen LogP contribution in [0.15, 0.2) is 102 Å². The summed E-state index contributed by atoms with van der Waals surface area (Å²) >= 11 is 8.00. The van der Waals surface area contributed by atoms with E-state index in [1.54, 1.807) is 18.2 Å². The highest BCUT2D eigenvalue weighted by atomic mass is 35.5. The number of amides is 1. The third-order valence-electron chi connectivity index (χ3n) is 6.40. The number of halogens is 4. The van der Waals surface area contributed by atoms with E-state index in [0.29, 0.717) is 32.9 Å². The van der Waals surface area contributed by atoms with Crippen LogP contribution in [0.2, 0.25) is 5.02 Å². The molecule has 0 atom stereocenters. The third-order valence-corrected chi connectivity index (χ3v) is 7.73. The van der Waals surface area contributed by atoms with Gasteiger partial charge in [0.1, 0.15) is 0 Å². The zero-order valence-corrected chi connectivity index (χ0v) is 23.4. The molecule has 1 heterocycles. The summed E-state index contributed by atoms with van der Waals surface area (Å²) in [6.07, 6.45) is -4.43. The Morgan fingerprint density at radius 2 is 1.63 bits per heavy atom. The lowest BCUT2D eigenvalue weighted by Gasteiger charge is -2.13. The van der Waals surface area contributed by atoms with Crippen LogP contribution in [0.25, 0.3) is 17.1 Å². The van der Waals surface area contributed by atoms with Gasteiger partial charge in [-0.3, -0.25) is 9.36 Å². The molecule has 0 aliphatic carbocycles. The van der Waals surface area contributed by atoms with Crippen LogP contribution in [-0.4, -0.2) is 20.7 Å². The number of rotatable bonds is 8. The standard InChI is InChI=1S/C31H24ClF3N4OS/c1-20-7-2-5-12-27(20)39-28(25-10-3-4-11-26(25)32)37-38-30(39)41-19-21-13-15-23(16-14-21)29(40)36-18-22-8-6-9-24(17-22)31(33,34)35/h2-17H,18-19H2,1H3,(H,36,40). The molecule has 0 fully saturated rings. The van der Waals surface area contributed by atoms with Crippen LogP contribution in [0, 0.1) is 6.92 Å². The minimum atomic E-state index is -4.43. The number of carbonyl (C=O) groups excluding carboxylic acids is 1. The molecule has 5 rings (SSSR count). The Morgan fingerprint density at radius 3 is 2.37 bits per heavy atom. The van der Waals surface area contributed by atoms with Gasteiger partial charge in [0, 0.05) is 23.4 Å². The molecule has 41 heavy (non-hydrogen) atoms. The Bertz CT molecular complexity index is 1690. The number of thioether (sulfide) groups is 1. The average molecular weight is 593 g/mol. The van der Waals surface area contributed by atoms with E-state index in [2.05, 4.69) is 15.5 Å². The van der Waals surface area contributed by atoms with Crippen molar-refractivity contribution in [3.05, 3.63) is 130 Å². The first kappa shape index (κ1) is 28.4. The highest BCUT2D eigenvalue weighted by Crippen LogP contribution is 2.34. The predicted octanol–water partition coefficient (Wildman–Crippen LogP) is 8.14. The molecule has 4 aromatic carbocycles. The lowest BCUT2D eigenvalue weighted by Crippen LogP contribution is -2.23. The minimum absolute atomic E-state index is 0.0112. The van der Waals surface area contributed by atoms with Gasteiger partial charge in [0.05, 0.1) is 16.3 Å². The molecule has 0 aliphatic heterocycles. The SMILES string of the molecule is Cc1ccccc1-n1c(SCc2ccc(C(=O)NCc3cccc(C(F)(F)F)c3)cc2)nnc1-c1ccccc1Cl. The van der Waals surface area contributed by atoms with Crippen LogP contribution < -0.4 is 5.32 Å². The summed E-state index contributed by atoms with van der Waals surface area (Å²) in [6, 6.07) is 27.5. The van der Waals surface area contributed by atoms with Crippen LogP contribution in [0.3, 0.4) is 0 Å². The maximum absolute atomic E-state index is 13.0. The Kier molecular flexibility index (Phi) is 8.46. The number of alkyl halides is 3. The molecular formula is C31H24ClF3N4OS. The summed E-state index contributed by atoms with van der Waals surface area (Å²) in [6.45, 7) is 2.01. The van der Waals surface area contributed by atoms with Gasteiger partial charge in [-0.15, -0.1) is 10.2 Å². The molecule has 1 N–H and O–H groups in total. The maximum Gasteiger partial charge on any atom is 0.416 e. The molecule has 0 spiro atoms. The molecule has 0 unspecified atom stereocenters. The molecule has 0 radical (unpaired) electrons. The highest BCUT2D eigenvalue weighted by Gasteiger charge is 2.30. The van der Waals surface area contributed by atoms with Crippen molar-refractivity contribution in [3.8, 4) is 17.1 Å². The molecule has 10 heteroatoms. The van der Waals surface area contributed by atoms with Gasteiger partial charge in [-0.05, 0) is 66.1 Å². The van der Waals surface area contributed by atoms with E-state index in [1.807, 2.05) is 72.2 Å². The Morgan fingerprint density at radius 1 is 0.902 bits per heavy atom. The van der Waals surface area contributed by atoms with Crippen molar-refractivity contribution in [2.75, 3.05) is 0 Å². The van der Waals surface area contributed by atoms with Crippen molar-refractivity contribution in [3.63, 3.8) is 0 Å². The van der Waals surface area contributed by atoms with Gasteiger partial charge in [0.25, 0.3) is 5.91 Å². The zero-order valence-electron chi connectivity index (χ0n) is 21.8. The van der Waals surface area contributed by atoms with Crippen LogP contribution >= 0.6 is 23.4 Å². The monoisotopic (exact) mass is 592 g/mol. The Hall–Kier alpha value is -4.08. The summed E-state index contributed by atoms with van der Waals surface area (Å²) in [4.78, 5) is 12.6. The highest BCUT2D eigenvalue weighted by molar-refractivity contribution is 7.98. The van der Waals surface area contributed by atoms with E-state index in [-0.39, 0.29) is 12.5 Å². The molecule has 0 aliphatic rings. The van der Waals surface area contributed by atoms with E-state index in [9.17, 15) is 18.0 Å². The van der Waals surface area contributed by atoms with Crippen molar-refractivity contribution in [2.45, 2.75) is 30.6 Å². The molecule has 208 valence electrons. The molecule has 0 saturated heterocycles. The summed E-state index contributed by atoms with van der Waals surface area (Å²) in [7, 11) is 0. The van der Waals surface area contributed by atoms with Crippen molar-refractivity contribution in [2.24, 2.45) is 0 Å². The zero-order chi connectivity index (χ0) is 29.0. The van der Waals surface area contributed by atoms with Crippen molar-refractivity contribution >= 4 is 29.3 Å². The molecule has 1 amide bonds. The fourth-order valence-electron chi connectivity index (χ4n) is 4.25. The fraction of sp³-hybridized carbons (Fsp3) is 0.129. The third kappa shape index (κ3) is 6.64. The van der Waals surface area contributed by atoms with E-state index in [0.717, 1.165) is 34.5 Å². The number of aryl methyl sites for hydroxylation is 1. The Balaban J connectivity index is 1.29. The Labute approximate surface area is 244 Å². The van der Waals surface area contributed by atoms with Gasteiger partial charge >= 0.3 is 6.18 Å². The number of carbonyl (C=O) groups is 1. The van der Waals surface area contributed by atoms with Gasteiger partial charge in [-0.1, -0.05) is 78.0 Å². The first-order chi connectivity index (χ1) is 19.7. The number of nitrogens with zero attached hydrogens (tertiary/aromatic N) is 3. The first-order valence-electron chi connectivity index (χ1n) is 12.6. The number of nitrogens with one attached hydrogen (secondary N) is 1. The molecule has 0 bridgehead atoms. The number of aromatic nitrogens is 3.